The van der Waals surface area contributed by atoms with Gasteiger partial charge in [-0.25, -0.2) is 0 Å². The minimum absolute atomic E-state index is 0. The van der Waals surface area contributed by atoms with Crippen molar-refractivity contribution in [2.24, 2.45) is 0 Å². The van der Waals surface area contributed by atoms with Crippen molar-refractivity contribution in [1.82, 2.24) is 0 Å². The minimum Gasteiger partial charge on any atom is -1.00 e. The van der Waals surface area contributed by atoms with E-state index in [9.17, 15) is 8.42 Å². The molecule has 0 aliphatic carbocycles. The van der Waals surface area contributed by atoms with Gasteiger partial charge in [0.05, 0.1) is 12.4 Å². The third-order valence-electron chi connectivity index (χ3n) is 6.01. The molecule has 0 saturated heterocycles. The van der Waals surface area contributed by atoms with E-state index in [4.69, 9.17) is 4.18 Å². The summed E-state index contributed by atoms with van der Waals surface area (Å²) in [5.74, 6) is 0.196. The molecule has 0 atom stereocenters. The summed E-state index contributed by atoms with van der Waals surface area (Å²) in [4.78, 5) is 0. The van der Waals surface area contributed by atoms with Crippen LogP contribution in [-0.4, -0.2) is 20.8 Å². The molecule has 0 aliphatic rings. The van der Waals surface area contributed by atoms with Crippen LogP contribution >= 0.6 is 0 Å². The summed E-state index contributed by atoms with van der Waals surface area (Å²) in [5.41, 5.74) is 0. The first-order valence-corrected chi connectivity index (χ1v) is 15.1. The van der Waals surface area contributed by atoms with Crippen LogP contribution < -0.4 is 29.6 Å². The molecule has 0 spiro atoms. The monoisotopic (exact) mass is 470 g/mol. The van der Waals surface area contributed by atoms with Gasteiger partial charge in [-0.3, -0.25) is 4.18 Å². The van der Waals surface area contributed by atoms with Crippen molar-refractivity contribution in [2.75, 3.05) is 12.4 Å². The second-order valence-electron chi connectivity index (χ2n) is 9.15. The molecule has 0 radical (unpaired) electrons. The molecule has 0 fully saturated rings. The Morgan fingerprint density at radius 3 is 1.13 bits per heavy atom. The quantitative estimate of drug-likeness (QED) is 0.0923. The maximum atomic E-state index is 12.0. The van der Waals surface area contributed by atoms with Gasteiger partial charge >= 0.3 is 29.6 Å². The van der Waals surface area contributed by atoms with Gasteiger partial charge in [-0.1, -0.05) is 142 Å². The predicted octanol–water partition coefficient (Wildman–Crippen LogP) is 6.07. The first-order valence-electron chi connectivity index (χ1n) is 13.5. The largest absolute Gasteiger partial charge is 1.00 e. The van der Waals surface area contributed by atoms with Crippen molar-refractivity contribution in [2.45, 2.75) is 155 Å². The van der Waals surface area contributed by atoms with Gasteiger partial charge in [-0.15, -0.1) is 0 Å². The summed E-state index contributed by atoms with van der Waals surface area (Å²) in [5, 5.41) is 0. The Hall–Kier alpha value is 0.910. The number of unbranched alkanes of at least 4 members (excludes halogenated alkanes) is 20. The third-order valence-corrected chi connectivity index (χ3v) is 7.32. The van der Waals surface area contributed by atoms with Crippen LogP contribution in [0.25, 0.3) is 0 Å². The zero-order valence-electron chi connectivity index (χ0n) is 22.6. The molecule has 0 amide bonds. The molecule has 0 N–H and O–H groups in total. The first kappa shape index (κ1) is 34.1. The molecule has 0 unspecified atom stereocenters. The Morgan fingerprint density at radius 1 is 0.484 bits per heavy atom. The summed E-state index contributed by atoms with van der Waals surface area (Å²) in [6.07, 6.45) is 27.6. The van der Waals surface area contributed by atoms with Crippen molar-refractivity contribution in [1.29, 1.82) is 0 Å². The molecule has 3 nitrogen and oxygen atoms in total. The molecule has 0 aromatic heterocycles. The van der Waals surface area contributed by atoms with Crippen LogP contribution in [0.5, 0.6) is 0 Å². The van der Waals surface area contributed by atoms with Crippen LogP contribution in [0.3, 0.4) is 0 Å². The molecule has 0 heterocycles. The van der Waals surface area contributed by atoms with E-state index < -0.39 is 10.1 Å². The Kier molecular flexibility index (Phi) is 29.9. The summed E-state index contributed by atoms with van der Waals surface area (Å²) in [6, 6.07) is 0. The zero-order chi connectivity index (χ0) is 22.2. The van der Waals surface area contributed by atoms with Gasteiger partial charge < -0.3 is 1.43 Å². The first-order chi connectivity index (χ1) is 14.6. The Bertz CT molecular complexity index is 433. The van der Waals surface area contributed by atoms with E-state index in [0.717, 1.165) is 32.1 Å². The van der Waals surface area contributed by atoms with Crippen molar-refractivity contribution in [3.63, 3.8) is 0 Å². The topological polar surface area (TPSA) is 43.4 Å². The minimum atomic E-state index is -3.30. The normalized spacial score (nSPS) is 11.5. The number of hydrogen-bond donors (Lipinski definition) is 0. The van der Waals surface area contributed by atoms with Crippen molar-refractivity contribution in [3.05, 3.63) is 0 Å². The second kappa shape index (κ2) is 27.2. The van der Waals surface area contributed by atoms with Crippen LogP contribution in [-0.2, 0) is 14.3 Å². The van der Waals surface area contributed by atoms with Gasteiger partial charge in [0.2, 0.25) is 0 Å². The fraction of sp³-hybridized carbons (Fsp3) is 1.00. The van der Waals surface area contributed by atoms with E-state index in [0.29, 0.717) is 6.61 Å². The summed E-state index contributed by atoms with van der Waals surface area (Å²) in [6.45, 7) is 4.88. The van der Waals surface area contributed by atoms with Crippen LogP contribution in [0, 0.1) is 0 Å². The third kappa shape index (κ3) is 28.9. The average molecular weight is 471 g/mol. The van der Waals surface area contributed by atoms with E-state index in [1.807, 2.05) is 0 Å². The molecule has 0 rings (SSSR count). The standard InChI is InChI=1S/C26H54O3S.Na.H/c1-3-5-7-9-11-13-15-17-19-21-23-25-29-30(27,28)26-24-22-20-18-16-14-12-10-8-6-4-2;;/h3-26H2,1-2H3;;/q;+1;-1. The van der Waals surface area contributed by atoms with Crippen molar-refractivity contribution < 1.29 is 43.6 Å². The molecule has 0 bridgehead atoms. The van der Waals surface area contributed by atoms with Crippen molar-refractivity contribution >= 4 is 10.1 Å². The molecule has 0 saturated carbocycles. The average Bonchev–Trinajstić information content (AvgIpc) is 2.72. The zero-order valence-corrected chi connectivity index (χ0v) is 24.4. The smallest absolute Gasteiger partial charge is 1.00 e. The molecule has 0 aromatic carbocycles. The Morgan fingerprint density at radius 2 is 0.774 bits per heavy atom. The van der Waals surface area contributed by atoms with Crippen LogP contribution in [0.1, 0.15) is 157 Å². The van der Waals surface area contributed by atoms with Gasteiger partial charge in [0, 0.05) is 0 Å². The van der Waals surface area contributed by atoms with Crippen LogP contribution in [0.15, 0.2) is 0 Å². The molecular weight excluding hydrogens is 415 g/mol. The van der Waals surface area contributed by atoms with Crippen LogP contribution in [0.2, 0.25) is 0 Å². The molecule has 5 heteroatoms. The van der Waals surface area contributed by atoms with E-state index >= 15 is 0 Å². The van der Waals surface area contributed by atoms with E-state index in [1.54, 1.807) is 0 Å². The molecule has 0 aromatic rings. The van der Waals surface area contributed by atoms with Gasteiger partial charge in [0.1, 0.15) is 0 Å². The fourth-order valence-corrected chi connectivity index (χ4v) is 5.00. The Labute approximate surface area is 220 Å². The maximum Gasteiger partial charge on any atom is 1.00 e. The van der Waals surface area contributed by atoms with E-state index in [-0.39, 0.29) is 36.7 Å². The second-order valence-corrected chi connectivity index (χ2v) is 10.9. The Balaban J connectivity index is -0.00000420. The summed E-state index contributed by atoms with van der Waals surface area (Å²) >= 11 is 0. The molecule has 184 valence electrons. The summed E-state index contributed by atoms with van der Waals surface area (Å²) < 4.78 is 29.1. The van der Waals surface area contributed by atoms with E-state index in [1.165, 1.54) is 109 Å². The maximum absolute atomic E-state index is 12.0. The van der Waals surface area contributed by atoms with Crippen LogP contribution in [0.4, 0.5) is 0 Å². The van der Waals surface area contributed by atoms with Gasteiger partial charge in [0.15, 0.2) is 0 Å². The summed E-state index contributed by atoms with van der Waals surface area (Å²) in [7, 11) is -3.30. The SMILES string of the molecule is CCCCCCCCCCCCCOS(=O)(=O)CCCCCCCCCCCCC.[H-].[Na+]. The fourth-order valence-electron chi connectivity index (χ4n) is 3.95. The van der Waals surface area contributed by atoms with Crippen molar-refractivity contribution in [3.8, 4) is 0 Å². The molecular formula is C26H55NaO3S. The predicted molar refractivity (Wildman–Crippen MR) is 134 cm³/mol. The van der Waals surface area contributed by atoms with Gasteiger partial charge in [-0.05, 0) is 12.8 Å². The number of rotatable bonds is 25. The van der Waals surface area contributed by atoms with Gasteiger partial charge in [0.25, 0.3) is 10.1 Å². The van der Waals surface area contributed by atoms with Gasteiger partial charge in [-0.2, -0.15) is 8.42 Å². The number of hydrogen-bond acceptors (Lipinski definition) is 3. The molecule has 0 aliphatic heterocycles. The van der Waals surface area contributed by atoms with E-state index in [2.05, 4.69) is 13.8 Å². The molecule has 31 heavy (non-hydrogen) atoms.